The van der Waals surface area contributed by atoms with E-state index < -0.39 is 8.80 Å². The molecular formula is C23H46O3Si. The van der Waals surface area contributed by atoms with E-state index in [1.54, 1.807) is 0 Å². The molecule has 0 radical (unpaired) electrons. The molecule has 2 rings (SSSR count). The summed E-state index contributed by atoms with van der Waals surface area (Å²) < 4.78 is 20.3. The van der Waals surface area contributed by atoms with E-state index in [1.165, 1.54) is 77.0 Å². The van der Waals surface area contributed by atoms with Gasteiger partial charge in [0.1, 0.15) is 0 Å². The summed E-state index contributed by atoms with van der Waals surface area (Å²) in [5.41, 5.74) is 0. The van der Waals surface area contributed by atoms with E-state index in [0.717, 1.165) is 45.0 Å². The first-order valence-corrected chi connectivity index (χ1v) is 13.9. The van der Waals surface area contributed by atoms with Gasteiger partial charge in [-0.1, -0.05) is 72.1 Å². The Balaban J connectivity index is 2.43. The monoisotopic (exact) mass is 398 g/mol. The predicted octanol–water partition coefficient (Wildman–Crippen LogP) is 7.27. The highest BCUT2D eigenvalue weighted by Gasteiger charge is 2.63. The first kappa shape index (κ1) is 23.4. The summed E-state index contributed by atoms with van der Waals surface area (Å²) in [6, 6.07) is 0. The van der Waals surface area contributed by atoms with Crippen LogP contribution in [0.1, 0.15) is 117 Å². The maximum Gasteiger partial charge on any atom is 0.507 e. The van der Waals surface area contributed by atoms with Crippen molar-refractivity contribution in [3.05, 3.63) is 0 Å². The van der Waals surface area contributed by atoms with Crippen molar-refractivity contribution in [2.75, 3.05) is 19.8 Å². The van der Waals surface area contributed by atoms with Crippen LogP contribution in [0.25, 0.3) is 0 Å². The molecular weight excluding hydrogens is 352 g/mol. The molecule has 160 valence electrons. The zero-order valence-electron chi connectivity index (χ0n) is 18.5. The highest BCUT2D eigenvalue weighted by atomic mass is 28.4. The Bertz CT molecular complexity index is 350. The van der Waals surface area contributed by atoms with Gasteiger partial charge < -0.3 is 13.3 Å². The second-order valence-corrected chi connectivity index (χ2v) is 11.8. The Morgan fingerprint density at radius 2 is 1.04 bits per heavy atom. The highest BCUT2D eigenvalue weighted by Crippen LogP contribution is 2.59. The van der Waals surface area contributed by atoms with E-state index in [2.05, 4.69) is 20.8 Å². The lowest BCUT2D eigenvalue weighted by molar-refractivity contribution is 0.0128. The van der Waals surface area contributed by atoms with Crippen LogP contribution in [0.4, 0.5) is 0 Å². The molecule has 0 N–H and O–H groups in total. The quantitative estimate of drug-likeness (QED) is 0.270. The van der Waals surface area contributed by atoms with Gasteiger partial charge in [0, 0.05) is 24.9 Å². The molecule has 2 aliphatic rings. The van der Waals surface area contributed by atoms with Gasteiger partial charge in [-0.2, -0.15) is 0 Å². The van der Waals surface area contributed by atoms with Crippen molar-refractivity contribution in [1.82, 2.24) is 0 Å². The summed E-state index contributed by atoms with van der Waals surface area (Å²) in [6.45, 7) is 9.00. The van der Waals surface area contributed by atoms with Gasteiger partial charge in [-0.25, -0.2) is 0 Å². The first-order chi connectivity index (χ1) is 13.2. The summed E-state index contributed by atoms with van der Waals surface area (Å²) in [5, 5.41) is 0.160. The van der Waals surface area contributed by atoms with Crippen LogP contribution in [0.2, 0.25) is 5.04 Å². The van der Waals surface area contributed by atoms with Crippen LogP contribution in [-0.4, -0.2) is 28.6 Å². The minimum Gasteiger partial charge on any atom is -0.373 e. The molecule has 0 unspecified atom stereocenters. The molecule has 0 atom stereocenters. The maximum atomic E-state index is 6.77. The Morgan fingerprint density at radius 1 is 0.630 bits per heavy atom. The van der Waals surface area contributed by atoms with Crippen LogP contribution < -0.4 is 0 Å². The third-order valence-electron chi connectivity index (χ3n) is 6.73. The molecule has 3 nitrogen and oxygen atoms in total. The lowest BCUT2D eigenvalue weighted by Gasteiger charge is -2.50. The summed E-state index contributed by atoms with van der Waals surface area (Å²) in [7, 11) is -2.75. The van der Waals surface area contributed by atoms with Gasteiger partial charge in [-0.15, -0.1) is 0 Å². The predicted molar refractivity (Wildman–Crippen MR) is 116 cm³/mol. The molecule has 0 aromatic carbocycles. The molecule has 0 bridgehead atoms. The van der Waals surface area contributed by atoms with Crippen LogP contribution in [0.3, 0.4) is 0 Å². The van der Waals surface area contributed by atoms with E-state index in [0.29, 0.717) is 0 Å². The van der Waals surface area contributed by atoms with E-state index in [1.807, 2.05) is 0 Å². The van der Waals surface area contributed by atoms with Gasteiger partial charge in [-0.3, -0.25) is 0 Å². The maximum absolute atomic E-state index is 6.77. The van der Waals surface area contributed by atoms with E-state index in [9.17, 15) is 0 Å². The second-order valence-electron chi connectivity index (χ2n) is 8.86. The fourth-order valence-electron chi connectivity index (χ4n) is 5.42. The van der Waals surface area contributed by atoms with Gasteiger partial charge in [-0.05, 0) is 50.9 Å². The second kappa shape index (κ2) is 12.6. The van der Waals surface area contributed by atoms with Crippen molar-refractivity contribution < 1.29 is 13.3 Å². The third kappa shape index (κ3) is 6.04. The van der Waals surface area contributed by atoms with Gasteiger partial charge in [0.25, 0.3) is 0 Å². The lowest BCUT2D eigenvalue weighted by atomic mass is 9.80. The van der Waals surface area contributed by atoms with Gasteiger partial charge in [0.05, 0.1) is 0 Å². The highest BCUT2D eigenvalue weighted by molar-refractivity contribution is 6.64. The molecule has 0 spiro atoms. The number of rotatable bonds is 11. The summed E-state index contributed by atoms with van der Waals surface area (Å²) in [6.07, 6.45) is 19.3. The largest absolute Gasteiger partial charge is 0.507 e. The molecule has 2 saturated carbocycles. The molecule has 0 aliphatic heterocycles. The SMILES string of the molecule is CCCO[Si](OCCC)(OCCC)C1(C2CCCCCC2)CCCCCC1. The number of hydrogen-bond acceptors (Lipinski definition) is 3. The number of hydrogen-bond donors (Lipinski definition) is 0. The molecule has 0 heterocycles. The molecule has 0 aromatic rings. The average Bonchev–Trinajstić information content (AvgIpc) is 3.12. The fraction of sp³-hybridized carbons (Fsp3) is 1.00. The van der Waals surface area contributed by atoms with Crippen LogP contribution >= 0.6 is 0 Å². The normalized spacial score (nSPS) is 22.3. The molecule has 27 heavy (non-hydrogen) atoms. The average molecular weight is 399 g/mol. The van der Waals surface area contributed by atoms with Crippen LogP contribution in [0.15, 0.2) is 0 Å². The van der Waals surface area contributed by atoms with E-state index in [-0.39, 0.29) is 5.04 Å². The zero-order chi connectivity index (χ0) is 19.4. The van der Waals surface area contributed by atoms with Crippen LogP contribution in [-0.2, 0) is 13.3 Å². The molecule has 2 aliphatic carbocycles. The molecule has 0 aromatic heterocycles. The molecule has 0 amide bonds. The summed E-state index contributed by atoms with van der Waals surface area (Å²) in [5.74, 6) is 0.732. The Labute approximate surface area is 170 Å². The van der Waals surface area contributed by atoms with Crippen molar-refractivity contribution in [3.63, 3.8) is 0 Å². The zero-order valence-corrected chi connectivity index (χ0v) is 19.5. The standard InChI is InChI=1S/C23H46O3Si/c1-4-19-24-27(25-20-5-2,26-21-6-3)23(17-13-9-10-14-18-23)22-15-11-7-8-12-16-22/h22H,4-21H2,1-3H3. The van der Waals surface area contributed by atoms with Crippen molar-refractivity contribution in [3.8, 4) is 0 Å². The van der Waals surface area contributed by atoms with Crippen molar-refractivity contribution >= 4 is 8.80 Å². The van der Waals surface area contributed by atoms with Crippen LogP contribution in [0.5, 0.6) is 0 Å². The van der Waals surface area contributed by atoms with E-state index in [4.69, 9.17) is 13.3 Å². The smallest absolute Gasteiger partial charge is 0.373 e. The van der Waals surface area contributed by atoms with E-state index >= 15 is 0 Å². The minimum atomic E-state index is -2.75. The fourth-order valence-corrected chi connectivity index (χ4v) is 9.71. The molecule has 0 saturated heterocycles. The van der Waals surface area contributed by atoms with Gasteiger partial charge in [0.15, 0.2) is 0 Å². The van der Waals surface area contributed by atoms with Gasteiger partial charge >= 0.3 is 8.80 Å². The van der Waals surface area contributed by atoms with Crippen molar-refractivity contribution in [2.24, 2.45) is 5.92 Å². The molecule has 4 heteroatoms. The van der Waals surface area contributed by atoms with Gasteiger partial charge in [0.2, 0.25) is 0 Å². The summed E-state index contributed by atoms with van der Waals surface area (Å²) >= 11 is 0. The Morgan fingerprint density at radius 3 is 1.44 bits per heavy atom. The van der Waals surface area contributed by atoms with Crippen molar-refractivity contribution in [2.45, 2.75) is 122 Å². The van der Waals surface area contributed by atoms with Crippen molar-refractivity contribution in [1.29, 1.82) is 0 Å². The topological polar surface area (TPSA) is 27.7 Å². The summed E-state index contributed by atoms with van der Waals surface area (Å²) in [4.78, 5) is 0. The first-order valence-electron chi connectivity index (χ1n) is 12.2. The lowest BCUT2D eigenvalue weighted by Crippen LogP contribution is -2.59. The Hall–Kier alpha value is 0.0969. The molecule has 2 fully saturated rings. The van der Waals surface area contributed by atoms with Crippen LogP contribution in [0, 0.1) is 5.92 Å². The third-order valence-corrected chi connectivity index (χ3v) is 10.6. The Kier molecular flexibility index (Phi) is 10.9. The minimum absolute atomic E-state index is 0.160.